The molecule has 0 aromatic carbocycles. The highest BCUT2D eigenvalue weighted by Gasteiger charge is 2.43. The minimum absolute atomic E-state index is 0.000254. The van der Waals surface area contributed by atoms with E-state index in [-0.39, 0.29) is 16.9 Å². The van der Waals surface area contributed by atoms with Gasteiger partial charge in [0, 0.05) is 18.3 Å². The normalized spacial score (nSPS) is 30.7. The van der Waals surface area contributed by atoms with E-state index in [1.807, 2.05) is 0 Å². The molecular formula is C10H15N3O5S. The summed E-state index contributed by atoms with van der Waals surface area (Å²) in [5.74, 6) is 0. The van der Waals surface area contributed by atoms with Crippen molar-refractivity contribution < 1.29 is 20.1 Å². The Morgan fingerprint density at radius 1 is 1.47 bits per heavy atom. The molecule has 1 aliphatic heterocycles. The number of aromatic amines is 1. The third kappa shape index (κ3) is 2.48. The van der Waals surface area contributed by atoms with Crippen molar-refractivity contribution in [2.75, 3.05) is 6.61 Å². The second-order valence-electron chi connectivity index (χ2n) is 4.25. The number of ether oxygens (including phenoxy) is 1. The summed E-state index contributed by atoms with van der Waals surface area (Å²) in [5.41, 5.74) is 5.29. The lowest BCUT2D eigenvalue weighted by molar-refractivity contribution is -0.0542. The molecule has 6 N–H and O–H groups in total. The highest BCUT2D eigenvalue weighted by molar-refractivity contribution is 7.71. The van der Waals surface area contributed by atoms with E-state index in [1.54, 1.807) is 0 Å². The Balaban J connectivity index is 2.43. The molecule has 106 valence electrons. The molecule has 0 spiro atoms. The molecule has 1 fully saturated rings. The number of aromatic nitrogens is 2. The van der Waals surface area contributed by atoms with E-state index in [0.29, 0.717) is 0 Å². The van der Waals surface area contributed by atoms with Crippen molar-refractivity contribution in [3.63, 3.8) is 0 Å². The number of aliphatic hydroxyl groups excluding tert-OH is 3. The van der Waals surface area contributed by atoms with Gasteiger partial charge in [-0.2, -0.15) is 0 Å². The monoisotopic (exact) mass is 289 g/mol. The maximum Gasteiger partial charge on any atom is 0.256 e. The smallest absolute Gasteiger partial charge is 0.256 e. The quantitative estimate of drug-likeness (QED) is 0.405. The zero-order chi connectivity index (χ0) is 14.2. The van der Waals surface area contributed by atoms with Gasteiger partial charge in [-0.25, -0.2) is 0 Å². The number of rotatable bonds is 3. The van der Waals surface area contributed by atoms with Crippen molar-refractivity contribution in [3.8, 4) is 0 Å². The molecule has 2 heterocycles. The van der Waals surface area contributed by atoms with E-state index < -0.39 is 36.7 Å². The number of hydrogen-bond acceptors (Lipinski definition) is 7. The Morgan fingerprint density at radius 3 is 2.68 bits per heavy atom. The lowest BCUT2D eigenvalue weighted by Crippen LogP contribution is -2.33. The summed E-state index contributed by atoms with van der Waals surface area (Å²) in [5, 5.41) is 28.6. The second kappa shape index (κ2) is 5.49. The van der Waals surface area contributed by atoms with Crippen molar-refractivity contribution in [3.05, 3.63) is 26.9 Å². The molecule has 0 amide bonds. The van der Waals surface area contributed by atoms with Crippen LogP contribution in [0.3, 0.4) is 0 Å². The fraction of sp³-hybridized carbons (Fsp3) is 0.600. The van der Waals surface area contributed by atoms with Gasteiger partial charge in [0.25, 0.3) is 5.56 Å². The molecule has 2 rings (SSSR count). The van der Waals surface area contributed by atoms with Crippen LogP contribution in [0.1, 0.15) is 11.8 Å². The second-order valence-corrected chi connectivity index (χ2v) is 4.64. The third-order valence-electron chi connectivity index (χ3n) is 3.05. The van der Waals surface area contributed by atoms with E-state index in [1.165, 1.54) is 10.8 Å². The maximum absolute atomic E-state index is 11.5. The van der Waals surface area contributed by atoms with Gasteiger partial charge in [-0.15, -0.1) is 0 Å². The van der Waals surface area contributed by atoms with Crippen molar-refractivity contribution in [2.45, 2.75) is 31.1 Å². The first-order valence-corrected chi connectivity index (χ1v) is 6.07. The van der Waals surface area contributed by atoms with Crippen LogP contribution in [0.5, 0.6) is 0 Å². The Kier molecular flexibility index (Phi) is 4.13. The Morgan fingerprint density at radius 2 is 2.16 bits per heavy atom. The predicted molar refractivity (Wildman–Crippen MR) is 66.8 cm³/mol. The van der Waals surface area contributed by atoms with E-state index in [0.717, 1.165) is 0 Å². The molecule has 1 aromatic rings. The molecule has 9 heteroatoms. The standard InChI is InChI=1S/C10H15N3O5S/c11-1-4-2-13(10(19)12-8(4)17)9-7(16)6(15)5(3-14)18-9/h2,5-7,9,14-16H,1,3,11H2,(H,12,17,19)/t5-,6+,7+,9-/m1/s1. The fourth-order valence-corrected chi connectivity index (χ4v) is 2.22. The minimum Gasteiger partial charge on any atom is -0.394 e. The van der Waals surface area contributed by atoms with E-state index in [4.69, 9.17) is 27.8 Å². The molecule has 0 unspecified atom stereocenters. The van der Waals surface area contributed by atoms with Crippen LogP contribution in [-0.4, -0.2) is 49.8 Å². The van der Waals surface area contributed by atoms with E-state index in [9.17, 15) is 15.0 Å². The van der Waals surface area contributed by atoms with Gasteiger partial charge in [-0.3, -0.25) is 14.3 Å². The van der Waals surface area contributed by atoms with E-state index in [2.05, 4.69) is 4.98 Å². The number of hydrogen-bond donors (Lipinski definition) is 5. The summed E-state index contributed by atoms with van der Waals surface area (Å²) >= 11 is 4.98. The molecule has 0 saturated carbocycles. The number of H-pyrrole nitrogens is 1. The van der Waals surface area contributed by atoms with Crippen LogP contribution in [0, 0.1) is 4.77 Å². The highest BCUT2D eigenvalue weighted by atomic mass is 32.1. The Labute approximate surface area is 113 Å². The van der Waals surface area contributed by atoms with Gasteiger partial charge in [-0.1, -0.05) is 0 Å². The van der Waals surface area contributed by atoms with Gasteiger partial charge in [-0.05, 0) is 12.2 Å². The molecule has 0 bridgehead atoms. The van der Waals surface area contributed by atoms with Gasteiger partial charge in [0.2, 0.25) is 0 Å². The minimum atomic E-state index is -1.26. The first kappa shape index (κ1) is 14.3. The van der Waals surface area contributed by atoms with Gasteiger partial charge >= 0.3 is 0 Å². The number of nitrogens with zero attached hydrogens (tertiary/aromatic N) is 1. The van der Waals surface area contributed by atoms with Crippen molar-refractivity contribution in [1.29, 1.82) is 0 Å². The van der Waals surface area contributed by atoms with Crippen LogP contribution in [-0.2, 0) is 11.3 Å². The molecular weight excluding hydrogens is 274 g/mol. The van der Waals surface area contributed by atoms with Gasteiger partial charge in [0.05, 0.1) is 6.61 Å². The van der Waals surface area contributed by atoms with Crippen molar-refractivity contribution >= 4 is 12.2 Å². The summed E-state index contributed by atoms with van der Waals surface area (Å²) in [4.78, 5) is 13.9. The third-order valence-corrected chi connectivity index (χ3v) is 3.37. The molecule has 19 heavy (non-hydrogen) atoms. The maximum atomic E-state index is 11.5. The average molecular weight is 289 g/mol. The van der Waals surface area contributed by atoms with E-state index >= 15 is 0 Å². The van der Waals surface area contributed by atoms with Crippen LogP contribution >= 0.6 is 12.2 Å². The van der Waals surface area contributed by atoms with Gasteiger partial charge < -0.3 is 25.8 Å². The SMILES string of the molecule is NCc1cn([C@@H]2O[C@H](CO)[C@H](O)[C@@H]2O)c(=S)[nH]c1=O. The topological polar surface area (TPSA) is 134 Å². The number of aliphatic hydroxyl groups is 3. The summed E-state index contributed by atoms with van der Waals surface area (Å²) in [6.45, 7) is -0.436. The zero-order valence-electron chi connectivity index (χ0n) is 9.89. The first-order valence-electron chi connectivity index (χ1n) is 5.66. The van der Waals surface area contributed by atoms with Crippen LogP contribution in [0.2, 0.25) is 0 Å². The van der Waals surface area contributed by atoms with Crippen LogP contribution in [0.25, 0.3) is 0 Å². The summed E-state index contributed by atoms with van der Waals surface area (Å²) in [7, 11) is 0. The molecule has 4 atom stereocenters. The largest absolute Gasteiger partial charge is 0.394 e. The molecule has 0 radical (unpaired) electrons. The summed E-state index contributed by atoms with van der Waals surface area (Å²) in [6, 6.07) is 0. The molecule has 8 nitrogen and oxygen atoms in total. The summed E-state index contributed by atoms with van der Waals surface area (Å²) < 4.78 is 6.67. The zero-order valence-corrected chi connectivity index (χ0v) is 10.7. The number of nitrogens with two attached hydrogens (primary N) is 1. The van der Waals surface area contributed by atoms with Crippen LogP contribution in [0.15, 0.2) is 11.0 Å². The Bertz CT molecular complexity index is 571. The lowest BCUT2D eigenvalue weighted by atomic mass is 10.1. The average Bonchev–Trinajstić information content (AvgIpc) is 2.67. The molecule has 0 aliphatic carbocycles. The fourth-order valence-electron chi connectivity index (χ4n) is 1.97. The van der Waals surface area contributed by atoms with Crippen molar-refractivity contribution in [1.82, 2.24) is 9.55 Å². The highest BCUT2D eigenvalue weighted by Crippen LogP contribution is 2.29. The van der Waals surface area contributed by atoms with Crippen molar-refractivity contribution in [2.24, 2.45) is 5.73 Å². The van der Waals surface area contributed by atoms with Gasteiger partial charge in [0.1, 0.15) is 18.3 Å². The molecule has 1 saturated heterocycles. The molecule has 1 aliphatic rings. The van der Waals surface area contributed by atoms with Crippen LogP contribution < -0.4 is 11.3 Å². The number of nitrogens with one attached hydrogen (secondary N) is 1. The molecule has 1 aromatic heterocycles. The first-order chi connectivity index (χ1) is 8.99. The Hall–Kier alpha value is -1.10. The van der Waals surface area contributed by atoms with Gasteiger partial charge in [0.15, 0.2) is 11.0 Å². The summed E-state index contributed by atoms with van der Waals surface area (Å²) in [6.07, 6.45) is -3.01. The lowest BCUT2D eigenvalue weighted by Gasteiger charge is -2.19. The predicted octanol–water partition coefficient (Wildman–Crippen LogP) is -2.02. The van der Waals surface area contributed by atoms with Crippen LogP contribution in [0.4, 0.5) is 0 Å².